The zero-order valence-corrected chi connectivity index (χ0v) is 7.65. The van der Waals surface area contributed by atoms with Gasteiger partial charge in [-0.1, -0.05) is 50.1 Å². The van der Waals surface area contributed by atoms with Crippen LogP contribution in [0.1, 0.15) is 6.42 Å². The molecule has 0 fully saturated rings. The summed E-state index contributed by atoms with van der Waals surface area (Å²) in [5.41, 5.74) is 0. The molecule has 0 aromatic rings. The van der Waals surface area contributed by atoms with E-state index in [-0.39, 0.29) is 0 Å². The summed E-state index contributed by atoms with van der Waals surface area (Å²) in [5.74, 6) is 0. The molecule has 0 unspecified atom stereocenters. The maximum Gasteiger partial charge on any atom is 0.00660 e. The van der Waals surface area contributed by atoms with Crippen molar-refractivity contribution in [3.63, 3.8) is 0 Å². The summed E-state index contributed by atoms with van der Waals surface area (Å²) < 4.78 is 0. The average molecular weight is 240 g/mol. The zero-order chi connectivity index (χ0) is 6.24. The Balaban J connectivity index is 3.07. The SMILES string of the molecule is BrC=CC=CCCBr. The van der Waals surface area contributed by atoms with E-state index in [9.17, 15) is 0 Å². The Morgan fingerprint density at radius 1 is 1.25 bits per heavy atom. The molecule has 0 aliphatic heterocycles. The van der Waals surface area contributed by atoms with Gasteiger partial charge in [-0.3, -0.25) is 0 Å². The van der Waals surface area contributed by atoms with Crippen molar-refractivity contribution in [1.82, 2.24) is 0 Å². The van der Waals surface area contributed by atoms with Gasteiger partial charge in [0.25, 0.3) is 0 Å². The normalized spacial score (nSPS) is 11.8. The van der Waals surface area contributed by atoms with E-state index in [1.165, 1.54) is 0 Å². The first-order valence-electron chi connectivity index (χ1n) is 2.39. The molecule has 0 nitrogen and oxygen atoms in total. The summed E-state index contributed by atoms with van der Waals surface area (Å²) in [6.07, 6.45) is 7.16. The Bertz CT molecular complexity index is 84.5. The number of halogens is 2. The van der Waals surface area contributed by atoms with Crippen molar-refractivity contribution in [1.29, 1.82) is 0 Å². The van der Waals surface area contributed by atoms with Gasteiger partial charge in [0, 0.05) is 5.33 Å². The van der Waals surface area contributed by atoms with E-state index >= 15 is 0 Å². The van der Waals surface area contributed by atoms with Crippen LogP contribution in [0.15, 0.2) is 23.2 Å². The van der Waals surface area contributed by atoms with Gasteiger partial charge in [-0.25, -0.2) is 0 Å². The van der Waals surface area contributed by atoms with Crippen molar-refractivity contribution in [3.8, 4) is 0 Å². The van der Waals surface area contributed by atoms with Crippen LogP contribution in [-0.4, -0.2) is 5.33 Å². The minimum atomic E-state index is 1.04. The van der Waals surface area contributed by atoms with E-state index < -0.39 is 0 Å². The molecule has 0 saturated carbocycles. The lowest BCUT2D eigenvalue weighted by Gasteiger charge is -1.76. The van der Waals surface area contributed by atoms with Crippen molar-refractivity contribution in [2.24, 2.45) is 0 Å². The maximum absolute atomic E-state index is 3.31. The lowest BCUT2D eigenvalue weighted by atomic mass is 10.4. The molecule has 0 atom stereocenters. The standard InChI is InChI=1S/C6H8Br2/c7-5-3-1-2-4-6-8/h1-3,5H,4,6H2. The lowest BCUT2D eigenvalue weighted by molar-refractivity contribution is 1.26. The van der Waals surface area contributed by atoms with Gasteiger partial charge in [-0.2, -0.15) is 0 Å². The molecule has 0 aliphatic carbocycles. The molecule has 0 saturated heterocycles. The highest BCUT2D eigenvalue weighted by atomic mass is 79.9. The molecule has 8 heavy (non-hydrogen) atoms. The highest BCUT2D eigenvalue weighted by Gasteiger charge is 1.68. The van der Waals surface area contributed by atoms with Crippen molar-refractivity contribution >= 4 is 31.9 Å². The monoisotopic (exact) mass is 238 g/mol. The lowest BCUT2D eigenvalue weighted by Crippen LogP contribution is -1.62. The van der Waals surface area contributed by atoms with Crippen molar-refractivity contribution in [3.05, 3.63) is 23.2 Å². The van der Waals surface area contributed by atoms with E-state index in [0.29, 0.717) is 0 Å². The second kappa shape index (κ2) is 7.44. The molecular weight excluding hydrogens is 232 g/mol. The first kappa shape index (κ1) is 8.44. The van der Waals surface area contributed by atoms with Crippen LogP contribution in [-0.2, 0) is 0 Å². The van der Waals surface area contributed by atoms with E-state index in [1.54, 1.807) is 0 Å². The molecule has 0 aromatic carbocycles. The quantitative estimate of drug-likeness (QED) is 0.524. The minimum absolute atomic E-state index is 1.04. The molecule has 0 rings (SSSR count). The Hall–Kier alpha value is 0.440. The molecule has 0 N–H and O–H groups in total. The van der Waals surface area contributed by atoms with Gasteiger partial charge in [0.2, 0.25) is 0 Å². The van der Waals surface area contributed by atoms with Gasteiger partial charge >= 0.3 is 0 Å². The van der Waals surface area contributed by atoms with Crippen LogP contribution >= 0.6 is 31.9 Å². The fraction of sp³-hybridized carbons (Fsp3) is 0.333. The van der Waals surface area contributed by atoms with E-state index in [2.05, 4.69) is 37.9 Å². The number of hydrogen-bond donors (Lipinski definition) is 0. The number of hydrogen-bond acceptors (Lipinski definition) is 0. The topological polar surface area (TPSA) is 0 Å². The van der Waals surface area contributed by atoms with E-state index in [1.807, 2.05) is 17.1 Å². The predicted molar refractivity (Wildman–Crippen MR) is 45.6 cm³/mol. The van der Waals surface area contributed by atoms with E-state index in [0.717, 1.165) is 11.8 Å². The smallest absolute Gasteiger partial charge is 0.00660 e. The van der Waals surface area contributed by atoms with Crippen molar-refractivity contribution < 1.29 is 0 Å². The van der Waals surface area contributed by atoms with Gasteiger partial charge in [0.1, 0.15) is 0 Å². The summed E-state index contributed by atoms with van der Waals surface area (Å²) in [6, 6.07) is 0. The zero-order valence-electron chi connectivity index (χ0n) is 4.48. The minimum Gasteiger partial charge on any atom is -0.0925 e. The van der Waals surface area contributed by atoms with Crippen LogP contribution in [0.2, 0.25) is 0 Å². The summed E-state index contributed by atoms with van der Waals surface area (Å²) >= 11 is 6.47. The Kier molecular flexibility index (Phi) is 7.85. The number of rotatable bonds is 3. The molecule has 0 radical (unpaired) electrons. The predicted octanol–water partition coefficient (Wildman–Crippen LogP) is 3.24. The summed E-state index contributed by atoms with van der Waals surface area (Å²) in [4.78, 5) is 1.83. The van der Waals surface area contributed by atoms with Crippen LogP contribution in [0.4, 0.5) is 0 Å². The Morgan fingerprint density at radius 2 is 2.00 bits per heavy atom. The maximum atomic E-state index is 3.31. The fourth-order valence-electron chi connectivity index (χ4n) is 0.280. The third kappa shape index (κ3) is 6.44. The van der Waals surface area contributed by atoms with E-state index in [4.69, 9.17) is 0 Å². The highest BCUT2D eigenvalue weighted by Crippen LogP contribution is 1.90. The van der Waals surface area contributed by atoms with Crippen LogP contribution < -0.4 is 0 Å². The fourth-order valence-corrected chi connectivity index (χ4v) is 0.720. The summed E-state index contributed by atoms with van der Waals surface area (Å²) in [7, 11) is 0. The molecular formula is C6H8Br2. The molecule has 0 aliphatic rings. The van der Waals surface area contributed by atoms with Crippen LogP contribution in [0.5, 0.6) is 0 Å². The Morgan fingerprint density at radius 3 is 2.50 bits per heavy atom. The first-order valence-corrected chi connectivity index (χ1v) is 4.43. The highest BCUT2D eigenvalue weighted by molar-refractivity contribution is 9.11. The largest absolute Gasteiger partial charge is 0.0925 e. The third-order valence-corrected chi connectivity index (χ3v) is 1.36. The second-order valence-corrected chi connectivity index (χ2v) is 2.55. The number of alkyl halides is 1. The van der Waals surface area contributed by atoms with Crippen molar-refractivity contribution in [2.75, 3.05) is 5.33 Å². The van der Waals surface area contributed by atoms with Gasteiger partial charge < -0.3 is 0 Å². The molecule has 0 heterocycles. The van der Waals surface area contributed by atoms with Crippen LogP contribution in [0, 0.1) is 0 Å². The second-order valence-electron chi connectivity index (χ2n) is 1.22. The van der Waals surface area contributed by atoms with Gasteiger partial charge in [0.15, 0.2) is 0 Å². The number of allylic oxidation sites excluding steroid dienone is 3. The van der Waals surface area contributed by atoms with Gasteiger partial charge in [-0.15, -0.1) is 0 Å². The van der Waals surface area contributed by atoms with Crippen LogP contribution in [0.25, 0.3) is 0 Å². The summed E-state index contributed by atoms with van der Waals surface area (Å²) in [6.45, 7) is 0. The molecule has 0 aromatic heterocycles. The average Bonchev–Trinajstić information content (AvgIpc) is 1.81. The van der Waals surface area contributed by atoms with Crippen molar-refractivity contribution in [2.45, 2.75) is 6.42 Å². The molecule has 0 spiro atoms. The molecule has 0 amide bonds. The molecule has 46 valence electrons. The van der Waals surface area contributed by atoms with Crippen LogP contribution in [0.3, 0.4) is 0 Å². The molecule has 0 bridgehead atoms. The Labute approximate surface area is 66.9 Å². The third-order valence-electron chi connectivity index (χ3n) is 0.596. The molecule has 2 heteroatoms. The van der Waals surface area contributed by atoms with Gasteiger partial charge in [-0.05, 0) is 11.4 Å². The summed E-state index contributed by atoms with van der Waals surface area (Å²) in [5, 5.41) is 1.04. The van der Waals surface area contributed by atoms with Gasteiger partial charge in [0.05, 0.1) is 0 Å². The first-order chi connectivity index (χ1) is 3.91.